The summed E-state index contributed by atoms with van der Waals surface area (Å²) in [6.07, 6.45) is 7.41. The molecule has 2 aromatic rings. The van der Waals surface area contributed by atoms with Crippen molar-refractivity contribution < 1.29 is 23.8 Å². The van der Waals surface area contributed by atoms with Crippen molar-refractivity contribution in [1.82, 2.24) is 19.8 Å². The van der Waals surface area contributed by atoms with Crippen LogP contribution in [-0.2, 0) is 4.79 Å². The Bertz CT molecular complexity index is 1100. The fourth-order valence-electron chi connectivity index (χ4n) is 4.66. The van der Waals surface area contributed by atoms with Gasteiger partial charge in [-0.3, -0.25) is 4.79 Å². The second-order valence-electron chi connectivity index (χ2n) is 8.78. The molecule has 0 saturated carbocycles. The lowest BCUT2D eigenvalue weighted by Gasteiger charge is -2.39. The summed E-state index contributed by atoms with van der Waals surface area (Å²) >= 11 is 0. The molecule has 35 heavy (non-hydrogen) atoms. The number of piperidine rings is 1. The predicted octanol–water partition coefficient (Wildman–Crippen LogP) is 3.06. The number of ether oxygens (including phenoxy) is 3. The Morgan fingerprint density at radius 1 is 1.00 bits per heavy atom. The third-order valence-electron chi connectivity index (χ3n) is 6.75. The van der Waals surface area contributed by atoms with Crippen LogP contribution in [0.5, 0.6) is 17.6 Å². The van der Waals surface area contributed by atoms with Gasteiger partial charge in [0.15, 0.2) is 0 Å². The van der Waals surface area contributed by atoms with Gasteiger partial charge in [-0.2, -0.15) is 4.98 Å². The zero-order chi connectivity index (χ0) is 24.8. The highest BCUT2D eigenvalue weighted by Gasteiger charge is 2.42. The van der Waals surface area contributed by atoms with Gasteiger partial charge in [0.2, 0.25) is 11.8 Å². The Labute approximate surface area is 204 Å². The molecule has 1 aromatic carbocycles. The minimum atomic E-state index is -0.131. The van der Waals surface area contributed by atoms with Gasteiger partial charge >= 0.3 is 12.0 Å². The Morgan fingerprint density at radius 2 is 1.71 bits per heavy atom. The van der Waals surface area contributed by atoms with E-state index in [4.69, 9.17) is 14.2 Å². The van der Waals surface area contributed by atoms with Crippen molar-refractivity contribution >= 4 is 23.7 Å². The number of benzene rings is 1. The first-order chi connectivity index (χ1) is 17.0. The van der Waals surface area contributed by atoms with E-state index in [2.05, 4.69) is 15.3 Å². The first-order valence-electron chi connectivity index (χ1n) is 11.6. The van der Waals surface area contributed by atoms with Crippen molar-refractivity contribution in [2.24, 2.45) is 5.41 Å². The average molecular weight is 482 g/mol. The number of aromatic nitrogens is 2. The Morgan fingerprint density at radius 3 is 2.40 bits per heavy atom. The molecule has 3 amide bonds. The van der Waals surface area contributed by atoms with Gasteiger partial charge in [0.05, 0.1) is 32.6 Å². The first kappa shape index (κ1) is 24.3. The van der Waals surface area contributed by atoms with Gasteiger partial charge in [0.1, 0.15) is 5.75 Å². The van der Waals surface area contributed by atoms with Crippen LogP contribution in [0.25, 0.3) is 6.08 Å². The second kappa shape index (κ2) is 10.6. The van der Waals surface area contributed by atoms with Gasteiger partial charge in [0, 0.05) is 38.5 Å². The fourth-order valence-corrected chi connectivity index (χ4v) is 4.66. The number of carbonyl (C=O) groups excluding carboxylic acids is 2. The number of nitrogens with one attached hydrogen (secondary N) is 1. The van der Waals surface area contributed by atoms with Crippen LogP contribution >= 0.6 is 0 Å². The molecule has 10 nitrogen and oxygen atoms in total. The normalized spacial score (nSPS) is 17.0. The third-order valence-corrected chi connectivity index (χ3v) is 6.75. The molecule has 0 bridgehead atoms. The van der Waals surface area contributed by atoms with Crippen molar-refractivity contribution in [3.8, 4) is 17.6 Å². The summed E-state index contributed by atoms with van der Waals surface area (Å²) in [5.41, 5.74) is 1.31. The molecule has 1 spiro atoms. The molecule has 2 saturated heterocycles. The van der Waals surface area contributed by atoms with Gasteiger partial charge < -0.3 is 29.3 Å². The van der Waals surface area contributed by atoms with Crippen molar-refractivity contribution in [2.75, 3.05) is 52.8 Å². The summed E-state index contributed by atoms with van der Waals surface area (Å²) in [5.74, 6) is 0.916. The third kappa shape index (κ3) is 5.47. The highest BCUT2D eigenvalue weighted by molar-refractivity contribution is 5.92. The second-order valence-corrected chi connectivity index (χ2v) is 8.78. The summed E-state index contributed by atoms with van der Waals surface area (Å²) in [6, 6.07) is 7.44. The van der Waals surface area contributed by atoms with Crippen LogP contribution in [0.3, 0.4) is 0 Å². The summed E-state index contributed by atoms with van der Waals surface area (Å²) in [6.45, 7) is 2.69. The lowest BCUT2D eigenvalue weighted by molar-refractivity contribution is -0.125. The lowest BCUT2D eigenvalue weighted by Crippen LogP contribution is -2.46. The Balaban J connectivity index is 1.31. The zero-order valence-corrected chi connectivity index (χ0v) is 20.3. The molecule has 2 aliphatic heterocycles. The monoisotopic (exact) mass is 481 g/mol. The predicted molar refractivity (Wildman–Crippen MR) is 131 cm³/mol. The van der Waals surface area contributed by atoms with E-state index in [1.54, 1.807) is 19.4 Å². The Kier molecular flexibility index (Phi) is 7.38. The number of carbonyl (C=O) groups is 2. The van der Waals surface area contributed by atoms with Crippen LogP contribution in [0, 0.1) is 5.41 Å². The lowest BCUT2D eigenvalue weighted by atomic mass is 9.78. The molecule has 0 radical (unpaired) electrons. The van der Waals surface area contributed by atoms with E-state index in [1.807, 2.05) is 34.1 Å². The molecule has 1 aromatic heterocycles. The van der Waals surface area contributed by atoms with Crippen LogP contribution < -0.4 is 19.5 Å². The molecule has 2 aliphatic rings. The number of para-hydroxylation sites is 2. The molecule has 0 atom stereocenters. The number of hydrogen-bond acceptors (Lipinski definition) is 7. The van der Waals surface area contributed by atoms with E-state index in [0.29, 0.717) is 49.1 Å². The van der Waals surface area contributed by atoms with Gasteiger partial charge in [-0.25, -0.2) is 9.78 Å². The molecule has 4 rings (SSSR count). The average Bonchev–Trinajstić information content (AvgIpc) is 3.31. The van der Waals surface area contributed by atoms with Gasteiger partial charge in [0.25, 0.3) is 0 Å². The van der Waals surface area contributed by atoms with Crippen LogP contribution in [0.15, 0.2) is 36.5 Å². The molecule has 10 heteroatoms. The van der Waals surface area contributed by atoms with E-state index >= 15 is 0 Å². The van der Waals surface area contributed by atoms with Crippen molar-refractivity contribution in [3.63, 3.8) is 0 Å². The zero-order valence-electron chi connectivity index (χ0n) is 20.3. The molecule has 0 unspecified atom stereocenters. The van der Waals surface area contributed by atoms with Crippen molar-refractivity contribution in [3.05, 3.63) is 42.1 Å². The highest BCUT2D eigenvalue weighted by atomic mass is 16.5. The molecule has 2 fully saturated rings. The number of likely N-dealkylation sites (tertiary alicyclic amines) is 2. The van der Waals surface area contributed by atoms with Crippen LogP contribution in [0.4, 0.5) is 10.5 Å². The maximum atomic E-state index is 12.8. The van der Waals surface area contributed by atoms with Crippen LogP contribution in [-0.4, -0.2) is 79.2 Å². The standard InChI is InChI=1S/C25H31N5O5/c1-33-20-7-5-4-6-19(20)27-24(32)29-13-10-25(11-14-29)12-15-30(17-25)21(31)9-8-18-16-26-23(35-3)28-22(18)34-2/h4-9,16H,10-15,17H2,1-3H3,(H,27,32). The first-order valence-corrected chi connectivity index (χ1v) is 11.6. The number of amides is 3. The highest BCUT2D eigenvalue weighted by Crippen LogP contribution is 2.40. The van der Waals surface area contributed by atoms with E-state index in [1.165, 1.54) is 20.3 Å². The maximum absolute atomic E-state index is 12.8. The number of anilines is 1. The smallest absolute Gasteiger partial charge is 0.321 e. The van der Waals surface area contributed by atoms with Gasteiger partial charge in [-0.15, -0.1) is 0 Å². The molecular weight excluding hydrogens is 450 g/mol. The largest absolute Gasteiger partial charge is 0.495 e. The number of nitrogens with zero attached hydrogens (tertiary/aromatic N) is 4. The van der Waals surface area contributed by atoms with Crippen molar-refractivity contribution in [2.45, 2.75) is 19.3 Å². The summed E-state index contributed by atoms with van der Waals surface area (Å²) in [4.78, 5) is 37.5. The maximum Gasteiger partial charge on any atom is 0.321 e. The minimum Gasteiger partial charge on any atom is -0.495 e. The van der Waals surface area contributed by atoms with E-state index < -0.39 is 0 Å². The summed E-state index contributed by atoms with van der Waals surface area (Å²) in [7, 11) is 4.57. The minimum absolute atomic E-state index is 0.0473. The molecule has 186 valence electrons. The van der Waals surface area contributed by atoms with E-state index in [-0.39, 0.29) is 23.4 Å². The van der Waals surface area contributed by atoms with Crippen molar-refractivity contribution in [1.29, 1.82) is 0 Å². The number of hydrogen-bond donors (Lipinski definition) is 1. The number of methoxy groups -OCH3 is 3. The topological polar surface area (TPSA) is 106 Å². The Hall–Kier alpha value is -3.82. The summed E-state index contributed by atoms with van der Waals surface area (Å²) < 4.78 is 15.6. The number of urea groups is 1. The fraction of sp³-hybridized carbons (Fsp3) is 0.440. The van der Waals surface area contributed by atoms with Gasteiger partial charge in [-0.05, 0) is 42.9 Å². The van der Waals surface area contributed by atoms with Crippen LogP contribution in [0.1, 0.15) is 24.8 Å². The van der Waals surface area contributed by atoms with E-state index in [0.717, 1.165) is 19.3 Å². The molecule has 1 N–H and O–H groups in total. The molecule has 0 aliphatic carbocycles. The van der Waals surface area contributed by atoms with Crippen LogP contribution in [0.2, 0.25) is 0 Å². The van der Waals surface area contributed by atoms with E-state index in [9.17, 15) is 9.59 Å². The number of rotatable bonds is 6. The molecule has 3 heterocycles. The molecular formula is C25H31N5O5. The summed E-state index contributed by atoms with van der Waals surface area (Å²) in [5, 5.41) is 2.95. The van der Waals surface area contributed by atoms with Gasteiger partial charge in [-0.1, -0.05) is 12.1 Å². The SMILES string of the molecule is COc1ncc(C=CC(=O)N2CCC3(CCN(C(=O)Nc4ccccc4OC)CC3)C2)c(OC)n1. The quantitative estimate of drug-likeness (QED) is 0.632.